The molecule has 0 radical (unpaired) electrons. The predicted octanol–water partition coefficient (Wildman–Crippen LogP) is 3.74. The average Bonchev–Trinajstić information content (AvgIpc) is 2.98. The number of benzene rings is 1. The lowest BCUT2D eigenvalue weighted by Crippen LogP contribution is -2.37. The third-order valence-corrected chi connectivity index (χ3v) is 4.46. The van der Waals surface area contributed by atoms with Crippen molar-refractivity contribution >= 4 is 40.1 Å². The maximum absolute atomic E-state index is 6.31. The molecule has 0 bridgehead atoms. The number of morpholine rings is 1. The van der Waals surface area contributed by atoms with Gasteiger partial charge in [0, 0.05) is 23.7 Å². The first kappa shape index (κ1) is 15.6. The Bertz CT molecular complexity index is 906. The molecule has 2 aromatic heterocycles. The molecule has 0 aliphatic carbocycles. The molecule has 1 aliphatic rings. The number of fused-ring (bicyclic) bond motifs is 1. The van der Waals surface area contributed by atoms with Gasteiger partial charge in [-0.25, -0.2) is 9.97 Å². The first-order valence-corrected chi connectivity index (χ1v) is 8.31. The highest BCUT2D eigenvalue weighted by molar-refractivity contribution is 6.36. The van der Waals surface area contributed by atoms with Crippen molar-refractivity contribution in [1.82, 2.24) is 15.1 Å². The van der Waals surface area contributed by atoms with Gasteiger partial charge in [-0.15, -0.1) is 0 Å². The van der Waals surface area contributed by atoms with Gasteiger partial charge in [-0.05, 0) is 25.1 Å². The van der Waals surface area contributed by atoms with Gasteiger partial charge in [-0.1, -0.05) is 28.4 Å². The second-order valence-electron chi connectivity index (χ2n) is 5.53. The fourth-order valence-electron chi connectivity index (χ4n) is 2.77. The molecule has 4 rings (SSSR count). The Balaban J connectivity index is 1.88. The molecule has 0 saturated carbocycles. The van der Waals surface area contributed by atoms with Crippen LogP contribution in [0.3, 0.4) is 0 Å². The lowest BCUT2D eigenvalue weighted by atomic mass is 10.1. The second-order valence-corrected chi connectivity index (χ2v) is 6.37. The van der Waals surface area contributed by atoms with E-state index in [0.717, 1.165) is 24.5 Å². The van der Waals surface area contributed by atoms with E-state index < -0.39 is 0 Å². The van der Waals surface area contributed by atoms with E-state index in [0.29, 0.717) is 45.9 Å². The summed E-state index contributed by atoms with van der Waals surface area (Å²) in [6, 6.07) is 5.25. The quantitative estimate of drug-likeness (QED) is 0.690. The highest BCUT2D eigenvalue weighted by Gasteiger charge is 2.23. The summed E-state index contributed by atoms with van der Waals surface area (Å²) in [4.78, 5) is 11.2. The summed E-state index contributed by atoms with van der Waals surface area (Å²) in [5.41, 5.74) is 2.52. The summed E-state index contributed by atoms with van der Waals surface area (Å²) < 4.78 is 11.0. The molecular formula is C16H14Cl2N4O2. The van der Waals surface area contributed by atoms with Crippen LogP contribution < -0.4 is 4.90 Å². The maximum atomic E-state index is 6.31. The minimum atomic E-state index is 0.502. The SMILES string of the molecule is Cc1nc(N2CCOCC2)c2onc(-c3ccc(Cl)cc3Cl)c2n1. The van der Waals surface area contributed by atoms with Crippen molar-refractivity contribution in [1.29, 1.82) is 0 Å². The molecule has 0 N–H and O–H groups in total. The topological polar surface area (TPSA) is 64.3 Å². The molecule has 24 heavy (non-hydrogen) atoms. The third-order valence-electron chi connectivity index (χ3n) is 3.91. The van der Waals surface area contributed by atoms with Crippen LogP contribution >= 0.6 is 23.2 Å². The van der Waals surface area contributed by atoms with Crippen molar-refractivity contribution in [2.75, 3.05) is 31.2 Å². The van der Waals surface area contributed by atoms with E-state index in [1.54, 1.807) is 12.1 Å². The Morgan fingerprint density at radius 1 is 1.12 bits per heavy atom. The zero-order valence-corrected chi connectivity index (χ0v) is 14.4. The summed E-state index contributed by atoms with van der Waals surface area (Å²) in [7, 11) is 0. The van der Waals surface area contributed by atoms with Crippen molar-refractivity contribution in [3.05, 3.63) is 34.1 Å². The zero-order chi connectivity index (χ0) is 16.7. The van der Waals surface area contributed by atoms with Gasteiger partial charge in [0.25, 0.3) is 0 Å². The van der Waals surface area contributed by atoms with E-state index in [2.05, 4.69) is 20.0 Å². The number of anilines is 1. The van der Waals surface area contributed by atoms with Crippen LogP contribution in [0.4, 0.5) is 5.82 Å². The molecule has 1 aromatic carbocycles. The van der Waals surface area contributed by atoms with Crippen molar-refractivity contribution in [2.24, 2.45) is 0 Å². The Kier molecular flexibility index (Phi) is 4.04. The number of aryl methyl sites for hydroxylation is 1. The van der Waals surface area contributed by atoms with Crippen molar-refractivity contribution in [3.63, 3.8) is 0 Å². The number of nitrogens with zero attached hydrogens (tertiary/aromatic N) is 4. The lowest BCUT2D eigenvalue weighted by Gasteiger charge is -2.27. The molecule has 0 atom stereocenters. The fourth-order valence-corrected chi connectivity index (χ4v) is 3.27. The van der Waals surface area contributed by atoms with Crippen LogP contribution in [0.25, 0.3) is 22.4 Å². The third kappa shape index (κ3) is 2.70. The molecule has 0 unspecified atom stereocenters. The number of hydrogen-bond donors (Lipinski definition) is 0. The molecule has 1 aliphatic heterocycles. The Labute approximate surface area is 148 Å². The normalized spacial score (nSPS) is 15.2. The summed E-state index contributed by atoms with van der Waals surface area (Å²) in [6.45, 7) is 4.68. The van der Waals surface area contributed by atoms with Crippen LogP contribution in [0, 0.1) is 6.92 Å². The van der Waals surface area contributed by atoms with Crippen LogP contribution in [-0.4, -0.2) is 41.4 Å². The number of aromatic nitrogens is 3. The molecule has 3 heterocycles. The largest absolute Gasteiger partial charge is 0.378 e. The molecule has 1 fully saturated rings. The molecule has 0 spiro atoms. The molecule has 8 heteroatoms. The number of halogens is 2. The van der Waals surface area contributed by atoms with E-state index in [4.69, 9.17) is 32.5 Å². The molecule has 124 valence electrons. The number of rotatable bonds is 2. The van der Waals surface area contributed by atoms with E-state index in [9.17, 15) is 0 Å². The van der Waals surface area contributed by atoms with Crippen LogP contribution in [0.2, 0.25) is 10.0 Å². The Morgan fingerprint density at radius 3 is 2.67 bits per heavy atom. The number of hydrogen-bond acceptors (Lipinski definition) is 6. The van der Waals surface area contributed by atoms with Crippen molar-refractivity contribution in [3.8, 4) is 11.3 Å². The smallest absolute Gasteiger partial charge is 0.228 e. The fraction of sp³-hybridized carbons (Fsp3) is 0.312. The molecule has 3 aromatic rings. The molecule has 0 amide bonds. The van der Waals surface area contributed by atoms with Gasteiger partial charge in [-0.3, -0.25) is 0 Å². The van der Waals surface area contributed by atoms with Crippen LogP contribution in [0.15, 0.2) is 22.7 Å². The van der Waals surface area contributed by atoms with E-state index in [1.807, 2.05) is 13.0 Å². The van der Waals surface area contributed by atoms with Crippen LogP contribution in [0.5, 0.6) is 0 Å². The molecule has 1 saturated heterocycles. The summed E-state index contributed by atoms with van der Waals surface area (Å²) in [6.07, 6.45) is 0. The Hall–Kier alpha value is -1.89. The Morgan fingerprint density at radius 2 is 1.92 bits per heavy atom. The minimum absolute atomic E-state index is 0.502. The van der Waals surface area contributed by atoms with Gasteiger partial charge in [-0.2, -0.15) is 0 Å². The maximum Gasteiger partial charge on any atom is 0.228 e. The summed E-state index contributed by atoms with van der Waals surface area (Å²) >= 11 is 12.3. The predicted molar refractivity (Wildman–Crippen MR) is 92.8 cm³/mol. The summed E-state index contributed by atoms with van der Waals surface area (Å²) in [5.74, 6) is 1.39. The monoisotopic (exact) mass is 364 g/mol. The van der Waals surface area contributed by atoms with E-state index in [1.165, 1.54) is 0 Å². The van der Waals surface area contributed by atoms with Crippen LogP contribution in [0.1, 0.15) is 5.82 Å². The summed E-state index contributed by atoms with van der Waals surface area (Å²) in [5, 5.41) is 5.26. The van der Waals surface area contributed by atoms with Gasteiger partial charge in [0.05, 0.1) is 18.2 Å². The molecule has 6 nitrogen and oxygen atoms in total. The van der Waals surface area contributed by atoms with Gasteiger partial charge < -0.3 is 14.2 Å². The van der Waals surface area contributed by atoms with Crippen LogP contribution in [-0.2, 0) is 4.74 Å². The standard InChI is InChI=1S/C16H14Cl2N4O2/c1-9-19-14-13(11-3-2-10(17)8-12(11)18)21-24-15(14)16(20-9)22-4-6-23-7-5-22/h2-3,8H,4-7H2,1H3. The zero-order valence-electron chi connectivity index (χ0n) is 12.9. The average molecular weight is 365 g/mol. The lowest BCUT2D eigenvalue weighted by molar-refractivity contribution is 0.122. The van der Waals surface area contributed by atoms with Crippen molar-refractivity contribution in [2.45, 2.75) is 6.92 Å². The number of ether oxygens (including phenoxy) is 1. The minimum Gasteiger partial charge on any atom is -0.378 e. The van der Waals surface area contributed by atoms with Gasteiger partial charge in [0.2, 0.25) is 5.58 Å². The first-order chi connectivity index (χ1) is 11.6. The second kappa shape index (κ2) is 6.20. The first-order valence-electron chi connectivity index (χ1n) is 7.55. The van der Waals surface area contributed by atoms with E-state index in [-0.39, 0.29) is 0 Å². The van der Waals surface area contributed by atoms with Gasteiger partial charge >= 0.3 is 0 Å². The molecular weight excluding hydrogens is 351 g/mol. The van der Waals surface area contributed by atoms with Gasteiger partial charge in [0.1, 0.15) is 17.0 Å². The highest BCUT2D eigenvalue weighted by Crippen LogP contribution is 2.36. The van der Waals surface area contributed by atoms with E-state index >= 15 is 0 Å². The van der Waals surface area contributed by atoms with Crippen molar-refractivity contribution < 1.29 is 9.26 Å². The highest BCUT2D eigenvalue weighted by atomic mass is 35.5. The van der Waals surface area contributed by atoms with Gasteiger partial charge in [0.15, 0.2) is 5.82 Å².